The molecule has 164 valence electrons. The second-order valence-electron chi connectivity index (χ2n) is 7.29. The fraction of sp³-hybridized carbons (Fsp3) is 0.500. The Morgan fingerprint density at radius 2 is 2.27 bits per heavy atom. The first-order chi connectivity index (χ1) is 14.6. The van der Waals surface area contributed by atoms with Crippen LogP contribution in [0.5, 0.6) is 11.5 Å². The fourth-order valence-electron chi connectivity index (χ4n) is 3.56. The second-order valence-corrected chi connectivity index (χ2v) is 8.27. The van der Waals surface area contributed by atoms with Gasteiger partial charge in [-0.2, -0.15) is 0 Å². The van der Waals surface area contributed by atoms with Crippen molar-refractivity contribution >= 4 is 17.3 Å². The molecule has 0 radical (unpaired) electrons. The third-order valence-electron chi connectivity index (χ3n) is 5.05. The summed E-state index contributed by atoms with van der Waals surface area (Å²) in [6, 6.07) is 9.93. The number of hydrogen-bond donors (Lipinski definition) is 3. The number of benzene rings is 1. The molecule has 1 aliphatic heterocycles. The Labute approximate surface area is 182 Å². The van der Waals surface area contributed by atoms with Gasteiger partial charge in [0.25, 0.3) is 0 Å². The molecule has 7 nitrogen and oxygen atoms in total. The van der Waals surface area contributed by atoms with Gasteiger partial charge in [0, 0.05) is 31.1 Å². The van der Waals surface area contributed by atoms with Gasteiger partial charge in [-0.15, -0.1) is 11.3 Å². The fourth-order valence-corrected chi connectivity index (χ4v) is 4.42. The van der Waals surface area contributed by atoms with E-state index < -0.39 is 0 Å². The highest BCUT2D eigenvalue weighted by Crippen LogP contribution is 2.27. The highest BCUT2D eigenvalue weighted by molar-refractivity contribution is 7.10. The van der Waals surface area contributed by atoms with Crippen LogP contribution in [0.1, 0.15) is 30.3 Å². The van der Waals surface area contributed by atoms with Crippen LogP contribution in [0, 0.1) is 0 Å². The van der Waals surface area contributed by atoms with Gasteiger partial charge in [-0.3, -0.25) is 4.90 Å². The van der Waals surface area contributed by atoms with Crippen molar-refractivity contribution in [1.82, 2.24) is 15.5 Å². The number of guanidine groups is 1. The molecule has 2 atom stereocenters. The molecule has 2 heterocycles. The maximum atomic E-state index is 9.99. The van der Waals surface area contributed by atoms with E-state index in [9.17, 15) is 5.11 Å². The van der Waals surface area contributed by atoms with Crippen molar-refractivity contribution in [3.05, 3.63) is 46.2 Å². The summed E-state index contributed by atoms with van der Waals surface area (Å²) >= 11 is 1.78. The van der Waals surface area contributed by atoms with E-state index in [1.807, 2.05) is 6.07 Å². The van der Waals surface area contributed by atoms with Gasteiger partial charge in [0.2, 0.25) is 0 Å². The second kappa shape index (κ2) is 11.2. The first-order valence-corrected chi connectivity index (χ1v) is 11.3. The molecule has 0 aliphatic carbocycles. The third kappa shape index (κ3) is 6.10. The minimum absolute atomic E-state index is 0.127. The van der Waals surface area contributed by atoms with E-state index in [4.69, 9.17) is 14.5 Å². The number of thiophene rings is 1. The van der Waals surface area contributed by atoms with Crippen LogP contribution in [0.3, 0.4) is 0 Å². The third-order valence-corrected chi connectivity index (χ3v) is 6.03. The zero-order chi connectivity index (χ0) is 21.3. The number of morpholine rings is 1. The maximum absolute atomic E-state index is 9.99. The molecule has 2 unspecified atom stereocenters. The molecule has 0 bridgehead atoms. The molecule has 8 heteroatoms. The number of hydrogen-bond acceptors (Lipinski definition) is 6. The van der Waals surface area contributed by atoms with Crippen LogP contribution in [-0.2, 0) is 11.3 Å². The highest BCUT2D eigenvalue weighted by atomic mass is 32.1. The van der Waals surface area contributed by atoms with Crippen molar-refractivity contribution in [3.8, 4) is 11.5 Å². The Morgan fingerprint density at radius 1 is 1.40 bits per heavy atom. The highest BCUT2D eigenvalue weighted by Gasteiger charge is 2.26. The molecule has 0 amide bonds. The average Bonchev–Trinajstić information content (AvgIpc) is 3.27. The van der Waals surface area contributed by atoms with Crippen molar-refractivity contribution in [2.24, 2.45) is 4.99 Å². The Kier molecular flexibility index (Phi) is 8.36. The molecule has 0 spiro atoms. The van der Waals surface area contributed by atoms with Gasteiger partial charge in [0.15, 0.2) is 17.5 Å². The number of aliphatic imine (C=N–C) groups is 1. The van der Waals surface area contributed by atoms with Gasteiger partial charge in [-0.05, 0) is 43.0 Å². The van der Waals surface area contributed by atoms with Crippen molar-refractivity contribution in [3.63, 3.8) is 0 Å². The van der Waals surface area contributed by atoms with E-state index >= 15 is 0 Å². The largest absolute Gasteiger partial charge is 0.504 e. The van der Waals surface area contributed by atoms with E-state index in [0.717, 1.165) is 44.3 Å². The van der Waals surface area contributed by atoms with E-state index in [-0.39, 0.29) is 17.9 Å². The quantitative estimate of drug-likeness (QED) is 0.440. The minimum atomic E-state index is 0.127. The topological polar surface area (TPSA) is 78.4 Å². The molecule has 1 aromatic heterocycles. The van der Waals surface area contributed by atoms with Crippen molar-refractivity contribution in [1.29, 1.82) is 0 Å². The normalized spacial score (nSPS) is 18.8. The predicted octanol–water partition coefficient (Wildman–Crippen LogP) is 2.98. The Hall–Kier alpha value is -2.29. The number of phenolic OH excluding ortho intramolecular Hbond substituents is 1. The number of rotatable bonds is 8. The predicted molar refractivity (Wildman–Crippen MR) is 122 cm³/mol. The monoisotopic (exact) mass is 432 g/mol. The summed E-state index contributed by atoms with van der Waals surface area (Å²) in [7, 11) is 1.54. The molecular formula is C22H32N4O3S. The average molecular weight is 433 g/mol. The van der Waals surface area contributed by atoms with E-state index in [1.54, 1.807) is 30.6 Å². The summed E-state index contributed by atoms with van der Waals surface area (Å²) in [5, 5.41) is 18.9. The van der Waals surface area contributed by atoms with Crippen LogP contribution < -0.4 is 15.4 Å². The summed E-state index contributed by atoms with van der Waals surface area (Å²) < 4.78 is 10.8. The number of ether oxygens (including phenoxy) is 2. The van der Waals surface area contributed by atoms with Gasteiger partial charge < -0.3 is 25.2 Å². The lowest BCUT2D eigenvalue weighted by atomic mass is 10.1. The number of methoxy groups -OCH3 is 1. The van der Waals surface area contributed by atoms with Crippen LogP contribution in [0.25, 0.3) is 0 Å². The Balaban J connectivity index is 1.67. The number of nitrogens with zero attached hydrogens (tertiary/aromatic N) is 2. The lowest BCUT2D eigenvalue weighted by Crippen LogP contribution is -2.48. The van der Waals surface area contributed by atoms with E-state index in [0.29, 0.717) is 12.3 Å². The molecule has 3 N–H and O–H groups in total. The molecule has 3 rings (SSSR count). The summed E-state index contributed by atoms with van der Waals surface area (Å²) in [6.07, 6.45) is 0.242. The maximum Gasteiger partial charge on any atom is 0.191 e. The van der Waals surface area contributed by atoms with Gasteiger partial charge in [-0.25, -0.2) is 4.99 Å². The van der Waals surface area contributed by atoms with E-state index in [2.05, 4.69) is 46.9 Å². The van der Waals surface area contributed by atoms with Crippen LogP contribution in [0.15, 0.2) is 40.7 Å². The van der Waals surface area contributed by atoms with Gasteiger partial charge >= 0.3 is 0 Å². The summed E-state index contributed by atoms with van der Waals surface area (Å²) in [6.45, 7) is 8.78. The number of nitrogens with one attached hydrogen (secondary N) is 2. The van der Waals surface area contributed by atoms with Crippen molar-refractivity contribution in [2.75, 3.05) is 39.9 Å². The summed E-state index contributed by atoms with van der Waals surface area (Å²) in [5.41, 5.74) is 0.919. The van der Waals surface area contributed by atoms with Gasteiger partial charge in [0.1, 0.15) is 0 Å². The lowest BCUT2D eigenvalue weighted by molar-refractivity contribution is -0.0334. The Morgan fingerprint density at radius 3 is 2.93 bits per heavy atom. The zero-order valence-electron chi connectivity index (χ0n) is 17.9. The summed E-state index contributed by atoms with van der Waals surface area (Å²) in [5.74, 6) is 1.35. The molecule has 30 heavy (non-hydrogen) atoms. The first kappa shape index (κ1) is 22.4. The number of phenols is 1. The van der Waals surface area contributed by atoms with Crippen LogP contribution in [-0.4, -0.2) is 62.0 Å². The molecule has 1 saturated heterocycles. The molecule has 1 aliphatic rings. The first-order valence-electron chi connectivity index (χ1n) is 10.4. The standard InChI is InChI=1S/C22H32N4O3S/c1-4-23-22(24-13-17-7-8-20(28-3)19(27)12-17)25-14-18(21-6-5-11-30-21)26-9-10-29-16(2)15-26/h5-8,11-12,16,18,27H,4,9-10,13-15H2,1-3H3,(H2,23,24,25). The van der Waals surface area contributed by atoms with Crippen molar-refractivity contribution < 1.29 is 14.6 Å². The van der Waals surface area contributed by atoms with Gasteiger partial charge in [0.05, 0.1) is 32.4 Å². The molecule has 1 aromatic carbocycles. The van der Waals surface area contributed by atoms with E-state index in [1.165, 1.54) is 4.88 Å². The Bertz CT molecular complexity index is 813. The SMILES string of the molecule is CCNC(=NCc1ccc(OC)c(O)c1)NCC(c1cccs1)N1CCOC(C)C1. The zero-order valence-corrected chi connectivity index (χ0v) is 18.7. The van der Waals surface area contributed by atoms with Crippen LogP contribution in [0.2, 0.25) is 0 Å². The molecule has 0 saturated carbocycles. The minimum Gasteiger partial charge on any atom is -0.504 e. The van der Waals surface area contributed by atoms with Crippen LogP contribution in [0.4, 0.5) is 0 Å². The number of aromatic hydroxyl groups is 1. The molecular weight excluding hydrogens is 400 g/mol. The lowest BCUT2D eigenvalue weighted by Gasteiger charge is -2.37. The summed E-state index contributed by atoms with van der Waals surface area (Å²) in [4.78, 5) is 8.52. The molecule has 2 aromatic rings. The van der Waals surface area contributed by atoms with Crippen molar-refractivity contribution in [2.45, 2.75) is 32.5 Å². The van der Waals surface area contributed by atoms with Crippen LogP contribution >= 0.6 is 11.3 Å². The molecule has 1 fully saturated rings. The smallest absolute Gasteiger partial charge is 0.191 e. The van der Waals surface area contributed by atoms with Gasteiger partial charge in [-0.1, -0.05) is 12.1 Å².